The number of ether oxygens (including phenoxy) is 1. The van der Waals surface area contributed by atoms with E-state index in [0.29, 0.717) is 17.9 Å². The van der Waals surface area contributed by atoms with E-state index in [-0.39, 0.29) is 5.75 Å². The van der Waals surface area contributed by atoms with E-state index in [2.05, 4.69) is 4.99 Å². The van der Waals surface area contributed by atoms with Gasteiger partial charge in [-0.1, -0.05) is 0 Å². The molecule has 0 fully saturated rings. The zero-order valence-corrected chi connectivity index (χ0v) is 12.2. The van der Waals surface area contributed by atoms with E-state index < -0.39 is 22.2 Å². The number of aryl methyl sites for hydroxylation is 1. The van der Waals surface area contributed by atoms with Crippen LogP contribution in [0.4, 0.5) is 20.2 Å². The van der Waals surface area contributed by atoms with Crippen LogP contribution in [0.15, 0.2) is 35.3 Å². The van der Waals surface area contributed by atoms with Crippen molar-refractivity contribution in [3.05, 3.63) is 57.6 Å². The van der Waals surface area contributed by atoms with Gasteiger partial charge in [-0.3, -0.25) is 15.1 Å². The summed E-state index contributed by atoms with van der Waals surface area (Å²) in [6.07, 6.45) is 1.60. The van der Waals surface area contributed by atoms with Crippen molar-refractivity contribution in [2.75, 3.05) is 0 Å². The molecule has 5 nitrogen and oxygen atoms in total. The van der Waals surface area contributed by atoms with Crippen LogP contribution in [0.1, 0.15) is 18.9 Å². The summed E-state index contributed by atoms with van der Waals surface area (Å²) < 4.78 is 31.9. The van der Waals surface area contributed by atoms with Crippen molar-refractivity contribution in [2.24, 2.45) is 4.99 Å². The van der Waals surface area contributed by atoms with Crippen LogP contribution in [-0.2, 0) is 6.42 Å². The Balaban J connectivity index is 1.97. The number of hydrogen-bond donors (Lipinski definition) is 0. The normalized spacial score (nSPS) is 13.3. The van der Waals surface area contributed by atoms with Gasteiger partial charge in [-0.15, -0.1) is 0 Å². The van der Waals surface area contributed by atoms with Gasteiger partial charge in [0.25, 0.3) is 0 Å². The van der Waals surface area contributed by atoms with E-state index in [9.17, 15) is 18.9 Å². The van der Waals surface area contributed by atoms with Gasteiger partial charge in [0.15, 0.2) is 11.6 Å². The second kappa shape index (κ2) is 5.75. The van der Waals surface area contributed by atoms with Crippen LogP contribution in [0, 0.1) is 21.7 Å². The molecule has 2 aromatic rings. The van der Waals surface area contributed by atoms with E-state index in [1.54, 1.807) is 18.2 Å². The first-order chi connectivity index (χ1) is 10.9. The van der Waals surface area contributed by atoms with E-state index in [1.807, 2.05) is 6.92 Å². The predicted molar refractivity (Wildman–Crippen MR) is 80.6 cm³/mol. The molecule has 0 bridgehead atoms. The first-order valence-electron chi connectivity index (χ1n) is 6.92. The van der Waals surface area contributed by atoms with Gasteiger partial charge in [0.1, 0.15) is 5.75 Å². The minimum Gasteiger partial charge on any atom is -0.450 e. The molecule has 0 aromatic heterocycles. The number of nitro groups is 1. The number of nitrogens with zero attached hydrogens (tertiary/aromatic N) is 2. The number of rotatable bonds is 3. The molecule has 0 radical (unpaired) electrons. The molecule has 1 heterocycles. The van der Waals surface area contributed by atoms with Gasteiger partial charge in [-0.2, -0.15) is 0 Å². The number of aliphatic imine (C=N–C) groups is 1. The zero-order chi connectivity index (χ0) is 16.6. The Bertz CT molecular complexity index is 834. The summed E-state index contributed by atoms with van der Waals surface area (Å²) in [7, 11) is 0. The maximum absolute atomic E-state index is 13.3. The Labute approximate surface area is 130 Å². The molecule has 0 spiro atoms. The highest BCUT2D eigenvalue weighted by Gasteiger charge is 2.21. The Kier molecular flexibility index (Phi) is 3.77. The predicted octanol–water partition coefficient (Wildman–Crippen LogP) is 4.70. The third-order valence-corrected chi connectivity index (χ3v) is 3.54. The van der Waals surface area contributed by atoms with Crippen LogP contribution in [0.2, 0.25) is 0 Å². The zero-order valence-electron chi connectivity index (χ0n) is 12.2. The average Bonchev–Trinajstić information content (AvgIpc) is 2.50. The van der Waals surface area contributed by atoms with Gasteiger partial charge >= 0.3 is 5.69 Å². The minimum atomic E-state index is -1.29. The summed E-state index contributed by atoms with van der Waals surface area (Å²) in [6, 6.07) is 6.22. The van der Waals surface area contributed by atoms with Crippen LogP contribution in [0.25, 0.3) is 0 Å². The molecule has 3 rings (SSSR count). The van der Waals surface area contributed by atoms with Gasteiger partial charge in [0.2, 0.25) is 5.75 Å². The van der Waals surface area contributed by atoms with E-state index in [1.165, 1.54) is 0 Å². The Hall–Kier alpha value is -2.83. The van der Waals surface area contributed by atoms with Gasteiger partial charge < -0.3 is 4.74 Å². The van der Waals surface area contributed by atoms with Crippen LogP contribution < -0.4 is 4.74 Å². The number of halogens is 2. The van der Waals surface area contributed by atoms with Crippen molar-refractivity contribution in [2.45, 2.75) is 19.8 Å². The molecule has 1 aliphatic heterocycles. The lowest BCUT2D eigenvalue weighted by Crippen LogP contribution is -2.02. The van der Waals surface area contributed by atoms with Gasteiger partial charge in [0, 0.05) is 11.8 Å². The molecular formula is C16H12F2N2O3. The largest absolute Gasteiger partial charge is 0.450 e. The molecule has 0 saturated heterocycles. The highest BCUT2D eigenvalue weighted by atomic mass is 19.2. The number of fused-ring (bicyclic) bond motifs is 1. The molecule has 118 valence electrons. The molecule has 1 aliphatic rings. The monoisotopic (exact) mass is 318 g/mol. The van der Waals surface area contributed by atoms with Gasteiger partial charge in [-0.25, -0.2) is 8.78 Å². The van der Waals surface area contributed by atoms with Crippen molar-refractivity contribution >= 4 is 17.1 Å². The average molecular weight is 318 g/mol. The van der Waals surface area contributed by atoms with Crippen LogP contribution in [0.5, 0.6) is 11.5 Å². The molecule has 2 aromatic carbocycles. The summed E-state index contributed by atoms with van der Waals surface area (Å²) >= 11 is 0. The smallest absolute Gasteiger partial charge is 0.314 e. The van der Waals surface area contributed by atoms with Crippen LogP contribution >= 0.6 is 0 Å². The third kappa shape index (κ3) is 3.03. The highest BCUT2D eigenvalue weighted by molar-refractivity contribution is 5.87. The molecule has 0 saturated carbocycles. The van der Waals surface area contributed by atoms with Crippen molar-refractivity contribution in [3.63, 3.8) is 0 Å². The maximum Gasteiger partial charge on any atom is 0.314 e. The number of hydrogen-bond acceptors (Lipinski definition) is 4. The molecular weight excluding hydrogens is 306 g/mol. The lowest BCUT2D eigenvalue weighted by molar-refractivity contribution is -0.385. The lowest BCUT2D eigenvalue weighted by Gasteiger charge is -2.14. The fraction of sp³-hybridized carbons (Fsp3) is 0.188. The molecule has 0 aliphatic carbocycles. The second-order valence-electron chi connectivity index (χ2n) is 5.23. The van der Waals surface area contributed by atoms with Gasteiger partial charge in [0.05, 0.1) is 16.7 Å². The molecule has 0 unspecified atom stereocenters. The van der Waals surface area contributed by atoms with E-state index in [0.717, 1.165) is 29.8 Å². The standard InChI is InChI=1S/C16H12F2N2O3/c1-9-2-3-10-6-11(4-5-14(10)19-9)23-16-8-13(18)12(17)7-15(16)20(21)22/h4-8H,2-3H2,1H3. The number of benzene rings is 2. The first-order valence-corrected chi connectivity index (χ1v) is 6.92. The SMILES string of the molecule is CC1=Nc2ccc(Oc3cc(F)c(F)cc3[N+](=O)[O-])cc2CC1. The second-order valence-corrected chi connectivity index (χ2v) is 5.23. The maximum atomic E-state index is 13.3. The topological polar surface area (TPSA) is 64.7 Å². The summed E-state index contributed by atoms with van der Waals surface area (Å²) in [5.74, 6) is -2.53. The van der Waals surface area contributed by atoms with E-state index in [4.69, 9.17) is 4.74 Å². The highest BCUT2D eigenvalue weighted by Crippen LogP contribution is 2.36. The Morgan fingerprint density at radius 2 is 1.91 bits per heavy atom. The molecule has 23 heavy (non-hydrogen) atoms. The summed E-state index contributed by atoms with van der Waals surface area (Å²) in [5, 5.41) is 11.0. The van der Waals surface area contributed by atoms with Crippen molar-refractivity contribution in [1.82, 2.24) is 0 Å². The Morgan fingerprint density at radius 1 is 1.17 bits per heavy atom. The quantitative estimate of drug-likeness (QED) is 0.608. The fourth-order valence-electron chi connectivity index (χ4n) is 2.38. The van der Waals surface area contributed by atoms with Crippen molar-refractivity contribution < 1.29 is 18.4 Å². The lowest BCUT2D eigenvalue weighted by atomic mass is 10.0. The number of nitro benzene ring substituents is 1. The van der Waals surface area contributed by atoms with Gasteiger partial charge in [-0.05, 0) is 43.5 Å². The van der Waals surface area contributed by atoms with E-state index >= 15 is 0 Å². The minimum absolute atomic E-state index is 0.313. The van der Waals surface area contributed by atoms with Crippen molar-refractivity contribution in [3.8, 4) is 11.5 Å². The Morgan fingerprint density at radius 3 is 2.65 bits per heavy atom. The molecule has 0 atom stereocenters. The van der Waals surface area contributed by atoms with Crippen LogP contribution in [-0.4, -0.2) is 10.6 Å². The van der Waals surface area contributed by atoms with Crippen LogP contribution in [0.3, 0.4) is 0 Å². The molecule has 0 amide bonds. The molecule has 7 heteroatoms. The third-order valence-electron chi connectivity index (χ3n) is 3.54. The summed E-state index contributed by atoms with van der Waals surface area (Å²) in [5.41, 5.74) is 2.16. The summed E-state index contributed by atoms with van der Waals surface area (Å²) in [6.45, 7) is 1.94. The van der Waals surface area contributed by atoms with Crippen molar-refractivity contribution in [1.29, 1.82) is 0 Å². The molecule has 0 N–H and O–H groups in total. The fourth-order valence-corrected chi connectivity index (χ4v) is 2.38. The summed E-state index contributed by atoms with van der Waals surface area (Å²) in [4.78, 5) is 14.6. The first kappa shape index (κ1) is 15.1.